The first kappa shape index (κ1) is 23.1. The van der Waals surface area contributed by atoms with E-state index in [-0.39, 0.29) is 22.9 Å². The van der Waals surface area contributed by atoms with Crippen LogP contribution in [0.25, 0.3) is 0 Å². The molecule has 0 unspecified atom stereocenters. The molecule has 0 bridgehead atoms. The van der Waals surface area contributed by atoms with E-state index < -0.39 is 20.0 Å². The summed E-state index contributed by atoms with van der Waals surface area (Å²) < 4.78 is 63.5. The molecular weight excluding hydrogens is 416 g/mol. The first-order chi connectivity index (χ1) is 13.5. The molecule has 0 heterocycles. The number of nitrogens with one attached hydrogen (secondary N) is 1. The Morgan fingerprint density at radius 3 is 2.10 bits per heavy atom. The highest BCUT2D eigenvalue weighted by Gasteiger charge is 2.19. The van der Waals surface area contributed by atoms with E-state index in [1.807, 2.05) is 0 Å². The van der Waals surface area contributed by atoms with Crippen molar-refractivity contribution in [3.63, 3.8) is 0 Å². The zero-order valence-corrected chi connectivity index (χ0v) is 18.7. The Morgan fingerprint density at radius 2 is 1.55 bits per heavy atom. The lowest BCUT2D eigenvalue weighted by Crippen LogP contribution is -2.29. The van der Waals surface area contributed by atoms with E-state index in [2.05, 4.69) is 4.72 Å². The van der Waals surface area contributed by atoms with Crippen LogP contribution in [0.5, 0.6) is 11.5 Å². The molecule has 160 valence electrons. The molecule has 10 heteroatoms. The van der Waals surface area contributed by atoms with Crippen molar-refractivity contribution in [1.29, 1.82) is 0 Å². The number of benzene rings is 2. The third-order valence-corrected chi connectivity index (χ3v) is 7.90. The van der Waals surface area contributed by atoms with Gasteiger partial charge in [0.2, 0.25) is 20.0 Å². The van der Waals surface area contributed by atoms with E-state index in [0.717, 1.165) is 9.87 Å². The summed E-state index contributed by atoms with van der Waals surface area (Å²) in [5.74, 6) is 1.07. The van der Waals surface area contributed by atoms with Gasteiger partial charge in [-0.25, -0.2) is 25.9 Å². The molecule has 0 aliphatic rings. The molecule has 0 aromatic heterocycles. The first-order valence-electron chi connectivity index (χ1n) is 8.80. The summed E-state index contributed by atoms with van der Waals surface area (Å²) in [4.78, 5) is 0.343. The molecule has 0 fully saturated rings. The van der Waals surface area contributed by atoms with Gasteiger partial charge in [0, 0.05) is 20.6 Å². The zero-order chi connectivity index (χ0) is 21.8. The van der Waals surface area contributed by atoms with Gasteiger partial charge < -0.3 is 9.47 Å². The maximum absolute atomic E-state index is 12.6. The van der Waals surface area contributed by atoms with Crippen molar-refractivity contribution < 1.29 is 26.3 Å². The summed E-state index contributed by atoms with van der Waals surface area (Å²) in [5.41, 5.74) is 1.38. The Kier molecular flexibility index (Phi) is 7.28. The summed E-state index contributed by atoms with van der Waals surface area (Å²) in [7, 11) is -2.76. The van der Waals surface area contributed by atoms with Gasteiger partial charge in [0.1, 0.15) is 18.1 Å². The molecule has 0 saturated heterocycles. The topological polar surface area (TPSA) is 102 Å². The standard InChI is InChI=1S/C19H26N2O6S2/c1-14-15(2)19(11-10-18(14)26-5)28(22,23)20-12-13-27-16-6-8-17(9-7-16)29(24,25)21(3)4/h6-11,20H,12-13H2,1-5H3. The number of ether oxygens (including phenoxy) is 2. The molecule has 0 radical (unpaired) electrons. The van der Waals surface area contributed by atoms with Crippen molar-refractivity contribution in [2.24, 2.45) is 0 Å². The largest absolute Gasteiger partial charge is 0.496 e. The normalized spacial score (nSPS) is 12.2. The van der Waals surface area contributed by atoms with Gasteiger partial charge in [-0.1, -0.05) is 0 Å². The second kappa shape index (κ2) is 9.12. The molecule has 0 atom stereocenters. The van der Waals surface area contributed by atoms with Crippen LogP contribution < -0.4 is 14.2 Å². The number of rotatable bonds is 9. The Balaban J connectivity index is 1.98. The highest BCUT2D eigenvalue weighted by molar-refractivity contribution is 7.89. The number of nitrogens with zero attached hydrogens (tertiary/aromatic N) is 1. The number of sulfonamides is 2. The van der Waals surface area contributed by atoms with Crippen LogP contribution in [-0.2, 0) is 20.0 Å². The Morgan fingerprint density at radius 1 is 0.931 bits per heavy atom. The maximum atomic E-state index is 12.6. The highest BCUT2D eigenvalue weighted by Crippen LogP contribution is 2.26. The fourth-order valence-electron chi connectivity index (χ4n) is 2.62. The molecule has 0 aliphatic heterocycles. The van der Waals surface area contributed by atoms with E-state index in [1.165, 1.54) is 51.5 Å². The van der Waals surface area contributed by atoms with Gasteiger partial charge in [-0.3, -0.25) is 0 Å². The molecule has 2 aromatic carbocycles. The number of hydrogen-bond acceptors (Lipinski definition) is 6. The van der Waals surface area contributed by atoms with Gasteiger partial charge in [-0.05, 0) is 61.4 Å². The van der Waals surface area contributed by atoms with E-state index in [1.54, 1.807) is 19.9 Å². The molecule has 0 amide bonds. The fraction of sp³-hybridized carbons (Fsp3) is 0.368. The summed E-state index contributed by atoms with van der Waals surface area (Å²) in [6.07, 6.45) is 0. The Bertz CT molecular complexity index is 1060. The minimum Gasteiger partial charge on any atom is -0.496 e. The van der Waals surface area contributed by atoms with Crippen LogP contribution in [-0.4, -0.2) is 55.5 Å². The van der Waals surface area contributed by atoms with Crippen molar-refractivity contribution in [2.75, 3.05) is 34.4 Å². The van der Waals surface area contributed by atoms with E-state index in [4.69, 9.17) is 9.47 Å². The fourth-order valence-corrected chi connectivity index (χ4v) is 4.84. The molecule has 0 aliphatic carbocycles. The minimum absolute atomic E-state index is 0.0601. The lowest BCUT2D eigenvalue weighted by Gasteiger charge is -2.14. The van der Waals surface area contributed by atoms with Crippen LogP contribution >= 0.6 is 0 Å². The smallest absolute Gasteiger partial charge is 0.242 e. The molecule has 0 spiro atoms. The average molecular weight is 443 g/mol. The zero-order valence-electron chi connectivity index (χ0n) is 17.1. The highest BCUT2D eigenvalue weighted by atomic mass is 32.2. The summed E-state index contributed by atoms with van der Waals surface area (Å²) in [6, 6.07) is 9.07. The second-order valence-electron chi connectivity index (χ2n) is 6.52. The van der Waals surface area contributed by atoms with E-state index >= 15 is 0 Å². The van der Waals surface area contributed by atoms with Gasteiger partial charge in [0.15, 0.2) is 0 Å². The van der Waals surface area contributed by atoms with Gasteiger partial charge in [-0.2, -0.15) is 0 Å². The average Bonchev–Trinajstić information content (AvgIpc) is 2.67. The van der Waals surface area contributed by atoms with Gasteiger partial charge >= 0.3 is 0 Å². The summed E-state index contributed by atoms with van der Waals surface area (Å²) >= 11 is 0. The minimum atomic E-state index is -3.70. The number of methoxy groups -OCH3 is 1. The maximum Gasteiger partial charge on any atom is 0.242 e. The number of hydrogen-bond donors (Lipinski definition) is 1. The van der Waals surface area contributed by atoms with Gasteiger partial charge in [0.05, 0.1) is 16.9 Å². The van der Waals surface area contributed by atoms with Crippen molar-refractivity contribution in [2.45, 2.75) is 23.6 Å². The first-order valence-corrected chi connectivity index (χ1v) is 11.7. The lowest BCUT2D eigenvalue weighted by atomic mass is 10.1. The molecule has 2 rings (SSSR count). The van der Waals surface area contributed by atoms with Crippen molar-refractivity contribution >= 4 is 20.0 Å². The SMILES string of the molecule is COc1ccc(S(=O)(=O)NCCOc2ccc(S(=O)(=O)N(C)C)cc2)c(C)c1C. The molecular formula is C19H26N2O6S2. The van der Waals surface area contributed by atoms with Crippen molar-refractivity contribution in [1.82, 2.24) is 9.03 Å². The van der Waals surface area contributed by atoms with Crippen molar-refractivity contribution in [3.05, 3.63) is 47.5 Å². The van der Waals surface area contributed by atoms with Gasteiger partial charge in [0.25, 0.3) is 0 Å². The molecule has 1 N–H and O–H groups in total. The molecule has 2 aromatic rings. The van der Waals surface area contributed by atoms with Crippen LogP contribution in [0.1, 0.15) is 11.1 Å². The monoisotopic (exact) mass is 442 g/mol. The van der Waals surface area contributed by atoms with Crippen LogP contribution in [0.3, 0.4) is 0 Å². The quantitative estimate of drug-likeness (QED) is 0.596. The molecule has 8 nitrogen and oxygen atoms in total. The van der Waals surface area contributed by atoms with Gasteiger partial charge in [-0.15, -0.1) is 0 Å². The summed E-state index contributed by atoms with van der Waals surface area (Å²) in [6.45, 7) is 3.68. The van der Waals surface area contributed by atoms with Crippen LogP contribution in [0.4, 0.5) is 0 Å². The third-order valence-electron chi connectivity index (χ3n) is 4.46. The Labute approximate surface area is 172 Å². The summed E-state index contributed by atoms with van der Waals surface area (Å²) in [5, 5.41) is 0. The Hall–Kier alpha value is -2.14. The predicted molar refractivity (Wildman–Crippen MR) is 110 cm³/mol. The van der Waals surface area contributed by atoms with E-state index in [0.29, 0.717) is 17.1 Å². The van der Waals surface area contributed by atoms with Crippen LogP contribution in [0.2, 0.25) is 0 Å². The van der Waals surface area contributed by atoms with Crippen molar-refractivity contribution in [3.8, 4) is 11.5 Å². The van der Waals surface area contributed by atoms with Crippen LogP contribution in [0.15, 0.2) is 46.2 Å². The lowest BCUT2D eigenvalue weighted by molar-refractivity contribution is 0.322. The molecule has 0 saturated carbocycles. The molecule has 29 heavy (non-hydrogen) atoms. The second-order valence-corrected chi connectivity index (χ2v) is 10.4. The predicted octanol–water partition coefficient (Wildman–Crippen LogP) is 1.92. The third kappa shape index (κ3) is 5.27. The van der Waals surface area contributed by atoms with Crippen LogP contribution in [0, 0.1) is 13.8 Å². The van der Waals surface area contributed by atoms with E-state index in [9.17, 15) is 16.8 Å².